The molecule has 2 aromatic rings. The molecule has 3 nitrogen and oxygen atoms in total. The molecule has 222 valence electrons. The van der Waals surface area contributed by atoms with Gasteiger partial charge in [-0.15, -0.1) is 0 Å². The normalized spacial score (nSPS) is 14.6. The Kier molecular flexibility index (Phi) is 14.7. The molecule has 0 spiro atoms. The van der Waals surface area contributed by atoms with Crippen LogP contribution in [0.1, 0.15) is 141 Å². The van der Waals surface area contributed by atoms with Gasteiger partial charge < -0.3 is 0 Å². The fourth-order valence-corrected chi connectivity index (χ4v) is 8.02. The van der Waals surface area contributed by atoms with Crippen molar-refractivity contribution in [2.45, 2.75) is 148 Å². The molecule has 2 rings (SSSR count). The van der Waals surface area contributed by atoms with Crippen LogP contribution in [0.3, 0.4) is 0 Å². The van der Waals surface area contributed by atoms with E-state index in [0.717, 1.165) is 24.8 Å². The molecule has 0 heterocycles. The topological polar surface area (TPSA) is 60.7 Å². The molecule has 0 radical (unpaired) electrons. The van der Waals surface area contributed by atoms with Crippen molar-refractivity contribution in [1.29, 1.82) is 0 Å². The van der Waals surface area contributed by atoms with Crippen LogP contribution in [-0.2, 0) is 19.3 Å². The summed E-state index contributed by atoms with van der Waals surface area (Å²) in [4.78, 5) is 34.7. The number of hydrogen-bond donors (Lipinski definition) is 3. The summed E-state index contributed by atoms with van der Waals surface area (Å²) in [6.07, 6.45) is 21.1. The molecule has 0 saturated carbocycles. The second-order valence-electron chi connectivity index (χ2n) is 12.2. The third-order valence-corrected chi connectivity index (χ3v) is 12.6. The molecule has 0 bridgehead atoms. The number of benzene rings is 2. The summed E-state index contributed by atoms with van der Waals surface area (Å²) in [6.45, 7) is 8.26. The Morgan fingerprint density at radius 2 is 0.872 bits per heavy atom. The minimum atomic E-state index is -5.15. The van der Waals surface area contributed by atoms with Gasteiger partial charge in [-0.1, -0.05) is 26.7 Å². The number of rotatable bonds is 21. The van der Waals surface area contributed by atoms with Gasteiger partial charge in [0, 0.05) is 0 Å². The van der Waals surface area contributed by atoms with Crippen LogP contribution >= 0.6 is 7.28 Å². The van der Waals surface area contributed by atoms with Gasteiger partial charge >= 0.3 is 214 Å². The van der Waals surface area contributed by atoms with E-state index in [1.54, 1.807) is 12.1 Å². The fourth-order valence-electron chi connectivity index (χ4n) is 5.65. The molecule has 4 heteroatoms. The molecule has 0 amide bonds. The summed E-state index contributed by atoms with van der Waals surface area (Å²) >= 11 is 0. The number of aryl methyl sites for hydroxylation is 2. The maximum atomic E-state index is 11.6. The predicted octanol–water partition coefficient (Wildman–Crippen LogP) is 9.58. The monoisotopic (exact) mass is 558 g/mol. The van der Waals surface area contributed by atoms with E-state index in [4.69, 9.17) is 0 Å². The first-order chi connectivity index (χ1) is 18.6. The van der Waals surface area contributed by atoms with E-state index in [-0.39, 0.29) is 5.30 Å². The van der Waals surface area contributed by atoms with Gasteiger partial charge in [0.25, 0.3) is 0 Å². The van der Waals surface area contributed by atoms with Crippen molar-refractivity contribution in [2.24, 2.45) is 0 Å². The van der Waals surface area contributed by atoms with Crippen molar-refractivity contribution in [1.82, 2.24) is 0 Å². The second kappa shape index (κ2) is 16.9. The summed E-state index contributed by atoms with van der Waals surface area (Å²) < 4.78 is 0. The molecular weight excluding hydrogens is 499 g/mol. The SMILES string of the molecule is CCCCCCCCCc1ccc(CC(C)(CC)P(O)(O)(O)c2ccc(CCCCCCCCC)cc2)cc1. The third kappa shape index (κ3) is 10.6. The van der Waals surface area contributed by atoms with Gasteiger partial charge in [-0.25, -0.2) is 0 Å². The van der Waals surface area contributed by atoms with Crippen LogP contribution in [0.25, 0.3) is 0 Å². The molecule has 1 atom stereocenters. The van der Waals surface area contributed by atoms with E-state index < -0.39 is 12.4 Å². The zero-order valence-electron chi connectivity index (χ0n) is 25.6. The van der Waals surface area contributed by atoms with Gasteiger partial charge in [-0.2, -0.15) is 0 Å². The van der Waals surface area contributed by atoms with Gasteiger partial charge in [0.1, 0.15) is 0 Å². The Bertz CT molecular complexity index is 914. The van der Waals surface area contributed by atoms with Crippen molar-refractivity contribution in [3.63, 3.8) is 0 Å². The van der Waals surface area contributed by atoms with Crippen LogP contribution in [0.5, 0.6) is 0 Å². The van der Waals surface area contributed by atoms with Crippen molar-refractivity contribution in [3.05, 3.63) is 65.2 Å². The van der Waals surface area contributed by atoms with Gasteiger partial charge in [0.2, 0.25) is 0 Å². The average Bonchev–Trinajstić information content (AvgIpc) is 2.93. The summed E-state index contributed by atoms with van der Waals surface area (Å²) in [5.41, 5.74) is 3.55. The standard InChI is InChI=1S/C35H59O3P/c1-5-8-10-12-14-16-18-20-31-22-24-33(25-23-31)30-35(4,7-3)39(36,37,38)34-28-26-32(27-29-34)21-19-17-15-13-11-9-6-2/h22-29,36-38H,5-21,30H2,1-4H3. The van der Waals surface area contributed by atoms with E-state index >= 15 is 0 Å². The summed E-state index contributed by atoms with van der Waals surface area (Å²) in [5.74, 6) is 0. The van der Waals surface area contributed by atoms with Crippen LogP contribution in [0.4, 0.5) is 0 Å². The molecule has 0 fully saturated rings. The van der Waals surface area contributed by atoms with Gasteiger partial charge in [0.05, 0.1) is 0 Å². The third-order valence-electron chi connectivity index (χ3n) is 8.91. The Balaban J connectivity index is 1.94. The van der Waals surface area contributed by atoms with Gasteiger partial charge in [-0.05, 0) is 0 Å². The molecule has 0 saturated heterocycles. The van der Waals surface area contributed by atoms with Gasteiger partial charge in [0.15, 0.2) is 0 Å². The van der Waals surface area contributed by atoms with Crippen molar-refractivity contribution in [3.8, 4) is 0 Å². The van der Waals surface area contributed by atoms with E-state index in [1.165, 1.54) is 94.6 Å². The molecule has 1 unspecified atom stereocenters. The first kappa shape index (κ1) is 34.0. The molecule has 2 aromatic carbocycles. The molecular formula is C35H59O3P. The maximum absolute atomic E-state index is 11.6. The summed E-state index contributed by atoms with van der Waals surface area (Å²) in [6, 6.07) is 16.0. The van der Waals surface area contributed by atoms with Crippen molar-refractivity contribution in [2.75, 3.05) is 0 Å². The molecule has 0 aliphatic rings. The minimum absolute atomic E-state index is 0.268. The molecule has 0 aromatic heterocycles. The van der Waals surface area contributed by atoms with E-state index in [2.05, 4.69) is 38.1 Å². The predicted molar refractivity (Wildman–Crippen MR) is 172 cm³/mol. The van der Waals surface area contributed by atoms with Crippen molar-refractivity contribution < 1.29 is 14.7 Å². The van der Waals surface area contributed by atoms with E-state index in [0.29, 0.717) is 12.8 Å². The first-order valence-corrected chi connectivity index (χ1v) is 18.2. The summed E-state index contributed by atoms with van der Waals surface area (Å²) in [5, 5.41) is -0.782. The Hall–Kier alpha value is -1.25. The average molecular weight is 559 g/mol. The fraction of sp³-hybridized carbons (Fsp3) is 0.657. The van der Waals surface area contributed by atoms with E-state index in [9.17, 15) is 14.7 Å². The molecule has 0 aliphatic heterocycles. The van der Waals surface area contributed by atoms with Crippen molar-refractivity contribution >= 4 is 12.6 Å². The Morgan fingerprint density at radius 3 is 1.28 bits per heavy atom. The molecule has 3 N–H and O–H groups in total. The molecule has 39 heavy (non-hydrogen) atoms. The Morgan fingerprint density at radius 1 is 0.513 bits per heavy atom. The Labute approximate surface area is 240 Å². The second-order valence-corrected chi connectivity index (χ2v) is 15.8. The summed E-state index contributed by atoms with van der Waals surface area (Å²) in [7, 11) is -5.15. The van der Waals surface area contributed by atoms with E-state index in [1.807, 2.05) is 26.0 Å². The zero-order valence-corrected chi connectivity index (χ0v) is 26.5. The first-order valence-electron chi connectivity index (χ1n) is 16.1. The zero-order chi connectivity index (χ0) is 28.6. The van der Waals surface area contributed by atoms with Crippen LogP contribution in [0, 0.1) is 0 Å². The van der Waals surface area contributed by atoms with Crippen LogP contribution in [-0.4, -0.2) is 19.8 Å². The van der Waals surface area contributed by atoms with Gasteiger partial charge in [-0.3, -0.25) is 0 Å². The van der Waals surface area contributed by atoms with Crippen LogP contribution in [0.15, 0.2) is 48.5 Å². The quantitative estimate of drug-likeness (QED) is 0.106. The molecule has 0 aliphatic carbocycles. The van der Waals surface area contributed by atoms with Crippen LogP contribution in [0.2, 0.25) is 0 Å². The van der Waals surface area contributed by atoms with Crippen LogP contribution < -0.4 is 5.30 Å². The number of hydrogen-bond acceptors (Lipinski definition) is 3. The number of unbranched alkanes of at least 4 members (excludes halogenated alkanes) is 12.